The lowest BCUT2D eigenvalue weighted by atomic mass is 9.78. The van der Waals surface area contributed by atoms with Gasteiger partial charge in [0.05, 0.1) is 0 Å². The molecule has 48 heavy (non-hydrogen) atoms. The minimum atomic E-state index is -0.379. The maximum atomic E-state index is 9.96. The maximum absolute atomic E-state index is 9.96. The van der Waals surface area contributed by atoms with Crippen molar-refractivity contribution in [2.75, 3.05) is 0 Å². The predicted molar refractivity (Wildman–Crippen MR) is 189 cm³/mol. The van der Waals surface area contributed by atoms with Gasteiger partial charge in [-0.25, -0.2) is 0 Å². The van der Waals surface area contributed by atoms with Crippen LogP contribution in [0.2, 0.25) is 0 Å². The van der Waals surface area contributed by atoms with Gasteiger partial charge in [-0.3, -0.25) is 0 Å². The van der Waals surface area contributed by atoms with Crippen LogP contribution in [0, 0.1) is 0 Å². The van der Waals surface area contributed by atoms with Crippen molar-refractivity contribution >= 4 is 0 Å². The zero-order chi connectivity index (χ0) is 34.1. The molecular weight excluding hydrogens is 600 g/mol. The van der Waals surface area contributed by atoms with Crippen LogP contribution < -0.4 is 9.47 Å². The Kier molecular flexibility index (Phi) is 8.50. The number of hydrogen-bond donors (Lipinski definition) is 4. The summed E-state index contributed by atoms with van der Waals surface area (Å²) in [5.41, 5.74) is 5.24. The molecule has 0 radical (unpaired) electrons. The summed E-state index contributed by atoms with van der Waals surface area (Å²) in [4.78, 5) is 0. The fourth-order valence-corrected chi connectivity index (χ4v) is 5.74. The second kappa shape index (κ2) is 12.7. The van der Waals surface area contributed by atoms with Gasteiger partial charge in [0.25, 0.3) is 0 Å². The summed E-state index contributed by atoms with van der Waals surface area (Å²) in [5.74, 6) is 2.35. The molecule has 0 aromatic heterocycles. The van der Waals surface area contributed by atoms with Gasteiger partial charge in [-0.05, 0) is 106 Å². The van der Waals surface area contributed by atoms with Crippen LogP contribution in [0.1, 0.15) is 49.9 Å². The van der Waals surface area contributed by atoms with Crippen LogP contribution >= 0.6 is 0 Å². The van der Waals surface area contributed by atoms with Gasteiger partial charge in [0.1, 0.15) is 23.0 Å². The van der Waals surface area contributed by atoms with Gasteiger partial charge >= 0.3 is 0 Å². The van der Waals surface area contributed by atoms with E-state index in [2.05, 4.69) is 27.7 Å². The van der Waals surface area contributed by atoms with Crippen LogP contribution in [0.4, 0.5) is 0 Å². The molecule has 0 spiro atoms. The lowest BCUT2D eigenvalue weighted by molar-refractivity contribution is 0.402. The van der Waals surface area contributed by atoms with Crippen molar-refractivity contribution in [1.82, 2.24) is 0 Å². The number of hydrogen-bond acceptors (Lipinski definition) is 6. The Hall–Kier alpha value is -5.88. The molecule has 6 heteroatoms. The first-order chi connectivity index (χ1) is 22.9. The minimum Gasteiger partial charge on any atom is -0.504 e. The van der Waals surface area contributed by atoms with E-state index in [1.54, 1.807) is 12.1 Å². The first kappa shape index (κ1) is 32.1. The summed E-state index contributed by atoms with van der Waals surface area (Å²) < 4.78 is 12.2. The fraction of sp³-hybridized carbons (Fsp3) is 0.143. The summed E-state index contributed by atoms with van der Waals surface area (Å²) >= 11 is 0. The molecule has 6 aromatic carbocycles. The molecule has 0 amide bonds. The van der Waals surface area contributed by atoms with Crippen LogP contribution in [0.3, 0.4) is 0 Å². The Balaban J connectivity index is 1.07. The normalized spacial score (nSPS) is 11.7. The number of rotatable bonds is 9. The van der Waals surface area contributed by atoms with Crippen LogP contribution in [0.15, 0.2) is 133 Å². The molecule has 6 aromatic rings. The zero-order valence-electron chi connectivity index (χ0n) is 27.3. The van der Waals surface area contributed by atoms with Crippen LogP contribution in [0.25, 0.3) is 11.1 Å². The Labute approximate surface area is 280 Å². The van der Waals surface area contributed by atoms with Crippen molar-refractivity contribution in [2.45, 2.75) is 38.5 Å². The van der Waals surface area contributed by atoms with E-state index in [4.69, 9.17) is 9.47 Å². The van der Waals surface area contributed by atoms with Gasteiger partial charge in [0.2, 0.25) is 0 Å². The van der Waals surface area contributed by atoms with Gasteiger partial charge in [-0.15, -0.1) is 0 Å². The lowest BCUT2D eigenvalue weighted by Gasteiger charge is -2.26. The van der Waals surface area contributed by atoms with Crippen molar-refractivity contribution in [2.24, 2.45) is 0 Å². The molecule has 0 saturated heterocycles. The minimum absolute atomic E-state index is 0.133. The van der Waals surface area contributed by atoms with E-state index in [1.165, 1.54) is 12.1 Å². The highest BCUT2D eigenvalue weighted by atomic mass is 16.5. The fourth-order valence-electron chi connectivity index (χ4n) is 5.74. The third kappa shape index (κ3) is 6.65. The first-order valence-electron chi connectivity index (χ1n) is 15.7. The summed E-state index contributed by atoms with van der Waals surface area (Å²) in [6, 6.07) is 41.5. The standard InChI is InChI=1S/C42H38O6/c1-41(2,31-13-23-37(43)39(45)25-31)29-9-19-35(20-10-29)47-33-15-5-27(6-16-33)28-7-17-34(18-8-28)48-36-21-11-30(12-22-36)42(3,4)32-14-24-38(44)40(46)26-32/h5-26,43-46H,1-4H3. The van der Waals surface area contributed by atoms with Crippen LogP contribution in [-0.4, -0.2) is 20.4 Å². The number of benzene rings is 6. The van der Waals surface area contributed by atoms with Gasteiger partial charge in [0.15, 0.2) is 23.0 Å². The third-order valence-corrected chi connectivity index (χ3v) is 9.06. The van der Waals surface area contributed by atoms with Gasteiger partial charge < -0.3 is 29.9 Å². The van der Waals surface area contributed by atoms with Gasteiger partial charge in [0, 0.05) is 10.8 Å². The van der Waals surface area contributed by atoms with Crippen molar-refractivity contribution in [1.29, 1.82) is 0 Å². The molecular formula is C42H38O6. The first-order valence-corrected chi connectivity index (χ1v) is 15.7. The molecule has 0 aliphatic rings. The highest BCUT2D eigenvalue weighted by Gasteiger charge is 2.25. The Morgan fingerprint density at radius 1 is 0.333 bits per heavy atom. The third-order valence-electron chi connectivity index (χ3n) is 9.06. The van der Waals surface area contributed by atoms with E-state index in [0.717, 1.165) is 44.9 Å². The summed E-state index contributed by atoms with van der Waals surface area (Å²) in [6.45, 7) is 8.28. The Morgan fingerprint density at radius 3 is 0.896 bits per heavy atom. The summed E-state index contributed by atoms with van der Waals surface area (Å²) in [6.07, 6.45) is 0. The summed E-state index contributed by atoms with van der Waals surface area (Å²) in [7, 11) is 0. The number of phenols is 4. The highest BCUT2D eigenvalue weighted by Crippen LogP contribution is 2.39. The van der Waals surface area contributed by atoms with Crippen LogP contribution in [-0.2, 0) is 10.8 Å². The molecule has 0 aliphatic heterocycles. The number of ether oxygens (including phenoxy) is 2. The molecule has 0 heterocycles. The van der Waals surface area contributed by atoms with E-state index in [-0.39, 0.29) is 33.8 Å². The highest BCUT2D eigenvalue weighted by molar-refractivity contribution is 5.65. The smallest absolute Gasteiger partial charge is 0.157 e. The molecule has 6 rings (SSSR count). The maximum Gasteiger partial charge on any atom is 0.157 e. The van der Waals surface area contributed by atoms with Gasteiger partial charge in [-0.2, -0.15) is 0 Å². The SMILES string of the molecule is CC(C)(c1ccc(Oc2ccc(-c3ccc(Oc4ccc(C(C)(C)c5ccc(O)c(O)c5)cc4)cc3)cc2)cc1)c1ccc(O)c(O)c1. The summed E-state index contributed by atoms with van der Waals surface area (Å²) in [5, 5.41) is 39.3. The van der Waals surface area contributed by atoms with E-state index in [9.17, 15) is 20.4 Å². The van der Waals surface area contributed by atoms with Crippen LogP contribution in [0.5, 0.6) is 46.0 Å². The quantitative estimate of drug-likeness (QED) is 0.118. The monoisotopic (exact) mass is 638 g/mol. The van der Waals surface area contributed by atoms with Gasteiger partial charge in [-0.1, -0.05) is 88.4 Å². The van der Waals surface area contributed by atoms with E-state index in [0.29, 0.717) is 11.5 Å². The molecule has 0 atom stereocenters. The molecule has 0 unspecified atom stereocenters. The zero-order valence-corrected chi connectivity index (χ0v) is 27.3. The largest absolute Gasteiger partial charge is 0.504 e. The second-order valence-electron chi connectivity index (χ2n) is 13.0. The second-order valence-corrected chi connectivity index (χ2v) is 13.0. The molecule has 0 fully saturated rings. The Bertz CT molecular complexity index is 1880. The molecule has 6 nitrogen and oxygen atoms in total. The Morgan fingerprint density at radius 2 is 0.604 bits per heavy atom. The average Bonchev–Trinajstić information content (AvgIpc) is 3.08. The molecule has 0 saturated carbocycles. The topological polar surface area (TPSA) is 99.4 Å². The molecule has 0 aliphatic carbocycles. The van der Waals surface area contributed by atoms with Crippen molar-refractivity contribution in [3.8, 4) is 57.1 Å². The van der Waals surface area contributed by atoms with E-state index in [1.807, 2.05) is 109 Å². The number of phenolic OH excluding ortho intramolecular Hbond substituents is 4. The molecule has 4 N–H and O–H groups in total. The van der Waals surface area contributed by atoms with E-state index >= 15 is 0 Å². The van der Waals surface area contributed by atoms with Crippen molar-refractivity contribution in [3.63, 3.8) is 0 Å². The van der Waals surface area contributed by atoms with E-state index < -0.39 is 0 Å². The lowest BCUT2D eigenvalue weighted by Crippen LogP contribution is -2.18. The molecule has 0 bridgehead atoms. The van der Waals surface area contributed by atoms with Crippen molar-refractivity contribution in [3.05, 3.63) is 156 Å². The predicted octanol–water partition coefficient (Wildman–Crippen LogP) is 10.4. The van der Waals surface area contributed by atoms with Crippen molar-refractivity contribution < 1.29 is 29.9 Å². The average molecular weight is 639 g/mol. The number of aromatic hydroxyl groups is 4. The molecule has 242 valence electrons.